The van der Waals surface area contributed by atoms with Crippen molar-refractivity contribution in [3.63, 3.8) is 0 Å². The molecule has 1 aliphatic rings. The number of amides is 2. The zero-order valence-electron chi connectivity index (χ0n) is 12.2. The first-order valence-electron chi connectivity index (χ1n) is 7.31. The molecule has 2 amide bonds. The molecule has 21 heavy (non-hydrogen) atoms. The molecule has 2 rings (SSSR count). The Morgan fingerprint density at radius 1 is 1.29 bits per heavy atom. The van der Waals surface area contributed by atoms with E-state index in [1.165, 1.54) is 30.6 Å². The topological polar surface area (TPSA) is 110 Å². The van der Waals surface area contributed by atoms with Crippen molar-refractivity contribution >= 4 is 33.8 Å². The molecule has 0 atom stereocenters. The van der Waals surface area contributed by atoms with E-state index in [-0.39, 0.29) is 17.2 Å². The zero-order chi connectivity index (χ0) is 15.4. The van der Waals surface area contributed by atoms with Gasteiger partial charge in [0.15, 0.2) is 0 Å². The summed E-state index contributed by atoms with van der Waals surface area (Å²) >= 11 is 1.21. The molecule has 1 aromatic heterocycles. The van der Waals surface area contributed by atoms with Crippen molar-refractivity contribution in [1.29, 1.82) is 0 Å². The molecule has 1 saturated carbocycles. The molecule has 7 heteroatoms. The average Bonchev–Trinajstić information content (AvgIpc) is 2.77. The van der Waals surface area contributed by atoms with E-state index in [0.29, 0.717) is 22.5 Å². The van der Waals surface area contributed by atoms with Crippen LogP contribution in [0.15, 0.2) is 0 Å². The van der Waals surface area contributed by atoms with Gasteiger partial charge in [0.2, 0.25) is 0 Å². The van der Waals surface area contributed by atoms with E-state index >= 15 is 0 Å². The number of primary amides is 1. The van der Waals surface area contributed by atoms with Gasteiger partial charge in [-0.1, -0.05) is 19.3 Å². The van der Waals surface area contributed by atoms with E-state index in [1.54, 1.807) is 0 Å². The lowest BCUT2D eigenvalue weighted by Crippen LogP contribution is -2.24. The molecule has 6 N–H and O–H groups in total. The van der Waals surface area contributed by atoms with Gasteiger partial charge < -0.3 is 22.1 Å². The van der Waals surface area contributed by atoms with Crippen LogP contribution in [0.1, 0.15) is 59.1 Å². The fraction of sp³-hybridized carbons (Fsp3) is 0.571. The highest BCUT2D eigenvalue weighted by Gasteiger charge is 2.25. The lowest BCUT2D eigenvalue weighted by Gasteiger charge is -2.23. The number of anilines is 2. The molecule has 0 aromatic carbocycles. The van der Waals surface area contributed by atoms with Crippen LogP contribution in [0.3, 0.4) is 0 Å². The van der Waals surface area contributed by atoms with Crippen LogP contribution in [-0.2, 0) is 0 Å². The molecule has 1 heterocycles. The van der Waals surface area contributed by atoms with E-state index in [9.17, 15) is 9.59 Å². The first-order chi connectivity index (χ1) is 10.0. The normalized spacial score (nSPS) is 15.7. The van der Waals surface area contributed by atoms with Gasteiger partial charge in [0, 0.05) is 12.6 Å². The largest absolute Gasteiger partial charge is 0.397 e. The van der Waals surface area contributed by atoms with Gasteiger partial charge in [0.25, 0.3) is 11.8 Å². The third kappa shape index (κ3) is 3.47. The Morgan fingerprint density at radius 3 is 2.52 bits per heavy atom. The minimum atomic E-state index is -0.599. The van der Waals surface area contributed by atoms with Crippen molar-refractivity contribution in [2.45, 2.75) is 45.1 Å². The second-order valence-corrected chi connectivity index (χ2v) is 6.27. The Hall–Kier alpha value is -1.76. The number of nitrogen functional groups attached to an aromatic ring is 1. The second-order valence-electron chi connectivity index (χ2n) is 5.25. The SMILES string of the molecule is CCNC(=O)c1sc(NC2CCCCC2)c(C(N)=O)c1N. The number of hydrogen-bond donors (Lipinski definition) is 4. The van der Waals surface area contributed by atoms with E-state index < -0.39 is 5.91 Å². The summed E-state index contributed by atoms with van der Waals surface area (Å²) < 4.78 is 0. The maximum Gasteiger partial charge on any atom is 0.263 e. The number of nitrogens with one attached hydrogen (secondary N) is 2. The summed E-state index contributed by atoms with van der Waals surface area (Å²) in [7, 11) is 0. The highest BCUT2D eigenvalue weighted by molar-refractivity contribution is 7.19. The Labute approximate surface area is 128 Å². The zero-order valence-corrected chi connectivity index (χ0v) is 13.0. The highest BCUT2D eigenvalue weighted by Crippen LogP contribution is 2.37. The summed E-state index contributed by atoms with van der Waals surface area (Å²) in [5.41, 5.74) is 11.8. The van der Waals surface area contributed by atoms with E-state index in [1.807, 2.05) is 6.92 Å². The first-order valence-corrected chi connectivity index (χ1v) is 8.13. The maximum atomic E-state index is 12.0. The smallest absolute Gasteiger partial charge is 0.263 e. The van der Waals surface area contributed by atoms with Gasteiger partial charge in [-0.25, -0.2) is 0 Å². The molecule has 6 nitrogen and oxygen atoms in total. The molecule has 0 saturated heterocycles. The number of hydrogen-bond acceptors (Lipinski definition) is 5. The van der Waals surface area contributed by atoms with Crippen molar-refractivity contribution in [3.8, 4) is 0 Å². The number of carbonyl (C=O) groups excluding carboxylic acids is 2. The van der Waals surface area contributed by atoms with Crippen LogP contribution in [0, 0.1) is 0 Å². The molecule has 0 bridgehead atoms. The Bertz CT molecular complexity index is 535. The lowest BCUT2D eigenvalue weighted by atomic mass is 9.95. The van der Waals surface area contributed by atoms with Gasteiger partial charge in [-0.3, -0.25) is 9.59 Å². The quantitative estimate of drug-likeness (QED) is 0.666. The fourth-order valence-corrected chi connectivity index (χ4v) is 3.75. The van der Waals surface area contributed by atoms with Crippen molar-refractivity contribution in [2.24, 2.45) is 5.73 Å². The third-order valence-electron chi connectivity index (χ3n) is 3.68. The Balaban J connectivity index is 2.28. The highest BCUT2D eigenvalue weighted by atomic mass is 32.1. The summed E-state index contributed by atoms with van der Waals surface area (Å²) in [6, 6.07) is 0.317. The molecule has 1 aliphatic carbocycles. The molecule has 1 fully saturated rings. The number of nitrogens with two attached hydrogens (primary N) is 2. The summed E-state index contributed by atoms with van der Waals surface area (Å²) in [5.74, 6) is -0.864. The summed E-state index contributed by atoms with van der Waals surface area (Å²) in [6.07, 6.45) is 5.72. The minimum Gasteiger partial charge on any atom is -0.397 e. The van der Waals surface area contributed by atoms with Crippen LogP contribution in [-0.4, -0.2) is 24.4 Å². The van der Waals surface area contributed by atoms with Gasteiger partial charge in [-0.05, 0) is 19.8 Å². The predicted molar refractivity (Wildman–Crippen MR) is 85.8 cm³/mol. The minimum absolute atomic E-state index is 0.178. The first kappa shape index (κ1) is 15.6. The Morgan fingerprint density at radius 2 is 1.95 bits per heavy atom. The van der Waals surface area contributed by atoms with Crippen molar-refractivity contribution in [1.82, 2.24) is 5.32 Å². The summed E-state index contributed by atoms with van der Waals surface area (Å²) in [4.78, 5) is 24.0. The maximum absolute atomic E-state index is 12.0. The van der Waals surface area contributed by atoms with Gasteiger partial charge in [-0.15, -0.1) is 11.3 Å². The predicted octanol–water partition coefficient (Wildman–Crippen LogP) is 1.92. The molecule has 116 valence electrons. The number of thiophene rings is 1. The van der Waals surface area contributed by atoms with Gasteiger partial charge in [-0.2, -0.15) is 0 Å². The number of rotatable bonds is 5. The number of carbonyl (C=O) groups is 2. The molecular weight excluding hydrogens is 288 g/mol. The van der Waals surface area contributed by atoms with Crippen LogP contribution in [0.4, 0.5) is 10.7 Å². The Kier molecular flexibility index (Phi) is 5.06. The van der Waals surface area contributed by atoms with Crippen molar-refractivity contribution < 1.29 is 9.59 Å². The van der Waals surface area contributed by atoms with Crippen molar-refractivity contribution in [2.75, 3.05) is 17.6 Å². The van der Waals surface area contributed by atoms with E-state index in [0.717, 1.165) is 12.8 Å². The van der Waals surface area contributed by atoms with Crippen molar-refractivity contribution in [3.05, 3.63) is 10.4 Å². The second kappa shape index (κ2) is 6.80. The molecule has 0 spiro atoms. The van der Waals surface area contributed by atoms with Crippen LogP contribution in [0.5, 0.6) is 0 Å². The summed E-state index contributed by atoms with van der Waals surface area (Å²) in [5, 5.41) is 6.66. The van der Waals surface area contributed by atoms with Gasteiger partial charge in [0.1, 0.15) is 9.88 Å². The molecule has 0 aliphatic heterocycles. The monoisotopic (exact) mass is 310 g/mol. The van der Waals surface area contributed by atoms with Crippen LogP contribution in [0.2, 0.25) is 0 Å². The van der Waals surface area contributed by atoms with E-state index in [4.69, 9.17) is 11.5 Å². The van der Waals surface area contributed by atoms with Crippen LogP contribution >= 0.6 is 11.3 Å². The molecule has 0 unspecified atom stereocenters. The lowest BCUT2D eigenvalue weighted by molar-refractivity contribution is 0.0960. The standard InChI is InChI=1S/C14H22N4O2S/c1-2-17-13(20)11-10(15)9(12(16)19)14(21-11)18-8-6-4-3-5-7-8/h8,18H,2-7,15H2,1H3,(H2,16,19)(H,17,20). The summed E-state index contributed by atoms with van der Waals surface area (Å²) in [6.45, 7) is 2.34. The van der Waals surface area contributed by atoms with Gasteiger partial charge in [0.05, 0.1) is 11.3 Å². The molecule has 1 aromatic rings. The van der Waals surface area contributed by atoms with Crippen LogP contribution in [0.25, 0.3) is 0 Å². The van der Waals surface area contributed by atoms with Gasteiger partial charge >= 0.3 is 0 Å². The fourth-order valence-electron chi connectivity index (χ4n) is 2.63. The average molecular weight is 310 g/mol. The van der Waals surface area contributed by atoms with Crippen LogP contribution < -0.4 is 22.1 Å². The third-order valence-corrected chi connectivity index (χ3v) is 4.81. The molecule has 0 radical (unpaired) electrons. The van der Waals surface area contributed by atoms with E-state index in [2.05, 4.69) is 10.6 Å². The molecular formula is C14H22N4O2S.